The van der Waals surface area contributed by atoms with E-state index in [9.17, 15) is 0 Å². The maximum Gasteiger partial charge on any atom is 0.147 e. The molecule has 6 nitrogen and oxygen atoms in total. The van der Waals surface area contributed by atoms with E-state index in [1.807, 2.05) is 31.0 Å². The summed E-state index contributed by atoms with van der Waals surface area (Å²) in [5.74, 6) is 0.891. The first-order valence-corrected chi connectivity index (χ1v) is 6.15. The first-order chi connectivity index (χ1) is 8.61. The summed E-state index contributed by atoms with van der Waals surface area (Å²) in [5.41, 5.74) is 8.80. The second-order valence-corrected chi connectivity index (χ2v) is 4.34. The average molecular weight is 248 g/mol. The van der Waals surface area contributed by atoms with Gasteiger partial charge in [0, 0.05) is 33.3 Å². The van der Waals surface area contributed by atoms with E-state index in [0.717, 1.165) is 42.3 Å². The summed E-state index contributed by atoms with van der Waals surface area (Å²) in [7, 11) is 3.82. The van der Waals surface area contributed by atoms with Crippen molar-refractivity contribution in [2.45, 2.75) is 19.8 Å². The summed E-state index contributed by atoms with van der Waals surface area (Å²) in [5, 5.41) is 12.0. The van der Waals surface area contributed by atoms with Crippen LogP contribution in [-0.2, 0) is 26.9 Å². The monoisotopic (exact) mass is 248 g/mol. The van der Waals surface area contributed by atoms with Gasteiger partial charge in [-0.15, -0.1) is 0 Å². The van der Waals surface area contributed by atoms with Gasteiger partial charge < -0.3 is 11.1 Å². The van der Waals surface area contributed by atoms with Crippen molar-refractivity contribution < 1.29 is 0 Å². The van der Waals surface area contributed by atoms with Crippen molar-refractivity contribution in [3.05, 3.63) is 23.7 Å². The van der Waals surface area contributed by atoms with Gasteiger partial charge in [-0.3, -0.25) is 9.36 Å². The fourth-order valence-electron chi connectivity index (χ4n) is 1.97. The predicted molar refractivity (Wildman–Crippen MR) is 72.4 cm³/mol. The van der Waals surface area contributed by atoms with E-state index in [1.54, 1.807) is 4.68 Å². The van der Waals surface area contributed by atoms with Crippen molar-refractivity contribution in [2.24, 2.45) is 14.1 Å². The lowest BCUT2D eigenvalue weighted by Crippen LogP contribution is -2.10. The fourth-order valence-corrected chi connectivity index (χ4v) is 1.97. The van der Waals surface area contributed by atoms with E-state index < -0.39 is 0 Å². The maximum atomic E-state index is 6.03. The van der Waals surface area contributed by atoms with Crippen LogP contribution in [0.25, 0.3) is 0 Å². The minimum absolute atomic E-state index is 0.751. The molecule has 0 amide bonds. The third kappa shape index (κ3) is 2.47. The molecule has 0 fully saturated rings. The number of aryl methyl sites for hydroxylation is 3. The van der Waals surface area contributed by atoms with Crippen LogP contribution in [0.5, 0.6) is 0 Å². The molecule has 0 saturated carbocycles. The van der Waals surface area contributed by atoms with Crippen LogP contribution >= 0.6 is 0 Å². The predicted octanol–water partition coefficient (Wildman–Crippen LogP) is 0.953. The Morgan fingerprint density at radius 2 is 2.11 bits per heavy atom. The minimum Gasteiger partial charge on any atom is -0.394 e. The molecule has 0 saturated heterocycles. The molecular weight excluding hydrogens is 228 g/mol. The molecule has 0 aliphatic carbocycles. The Labute approximate surface area is 107 Å². The zero-order valence-corrected chi connectivity index (χ0v) is 11.1. The van der Waals surface area contributed by atoms with Crippen LogP contribution in [0.2, 0.25) is 0 Å². The smallest absolute Gasteiger partial charge is 0.147 e. The van der Waals surface area contributed by atoms with Crippen LogP contribution in [0.1, 0.15) is 18.3 Å². The fraction of sp³-hybridized carbons (Fsp3) is 0.500. The number of nitrogens with zero attached hydrogens (tertiary/aromatic N) is 4. The van der Waals surface area contributed by atoms with Crippen molar-refractivity contribution in [3.63, 3.8) is 0 Å². The number of hydrogen-bond acceptors (Lipinski definition) is 4. The van der Waals surface area contributed by atoms with Gasteiger partial charge in [-0.2, -0.15) is 10.2 Å². The third-order valence-electron chi connectivity index (χ3n) is 2.94. The average Bonchev–Trinajstić information content (AvgIpc) is 2.86. The lowest BCUT2D eigenvalue weighted by Gasteiger charge is -2.06. The standard InChI is InChI=1S/C12H20N6/c1-4-10-11(13)12(18(3)16-10)14-7-5-9-6-8-17(2)15-9/h6,8,14H,4-5,7,13H2,1-3H3. The summed E-state index contributed by atoms with van der Waals surface area (Å²) < 4.78 is 3.61. The summed E-state index contributed by atoms with van der Waals surface area (Å²) >= 11 is 0. The number of aromatic nitrogens is 4. The number of anilines is 2. The van der Waals surface area contributed by atoms with E-state index in [-0.39, 0.29) is 0 Å². The highest BCUT2D eigenvalue weighted by Crippen LogP contribution is 2.21. The molecule has 98 valence electrons. The van der Waals surface area contributed by atoms with Gasteiger partial charge in [0.15, 0.2) is 0 Å². The highest BCUT2D eigenvalue weighted by molar-refractivity contribution is 5.64. The Balaban J connectivity index is 1.96. The number of rotatable bonds is 5. The normalized spacial score (nSPS) is 10.8. The Hall–Kier alpha value is -1.98. The molecule has 3 N–H and O–H groups in total. The number of nitrogen functional groups attached to an aromatic ring is 1. The van der Waals surface area contributed by atoms with Crippen LogP contribution in [0.3, 0.4) is 0 Å². The van der Waals surface area contributed by atoms with Gasteiger partial charge in [0.05, 0.1) is 17.1 Å². The van der Waals surface area contributed by atoms with Gasteiger partial charge in [-0.1, -0.05) is 6.92 Å². The topological polar surface area (TPSA) is 73.7 Å². The molecule has 0 aromatic carbocycles. The van der Waals surface area contributed by atoms with Crippen molar-refractivity contribution in [3.8, 4) is 0 Å². The van der Waals surface area contributed by atoms with E-state index in [2.05, 4.69) is 22.4 Å². The van der Waals surface area contributed by atoms with Gasteiger partial charge in [0.2, 0.25) is 0 Å². The number of nitrogens with one attached hydrogen (secondary N) is 1. The first-order valence-electron chi connectivity index (χ1n) is 6.15. The van der Waals surface area contributed by atoms with E-state index >= 15 is 0 Å². The molecule has 0 aliphatic rings. The summed E-state index contributed by atoms with van der Waals surface area (Å²) in [6, 6.07) is 2.02. The van der Waals surface area contributed by atoms with Crippen LogP contribution in [0, 0.1) is 0 Å². The Kier molecular flexibility index (Phi) is 3.55. The van der Waals surface area contributed by atoms with Gasteiger partial charge in [-0.25, -0.2) is 0 Å². The summed E-state index contributed by atoms with van der Waals surface area (Å²) in [4.78, 5) is 0. The van der Waals surface area contributed by atoms with Crippen molar-refractivity contribution in [1.82, 2.24) is 19.6 Å². The largest absolute Gasteiger partial charge is 0.394 e. The van der Waals surface area contributed by atoms with Gasteiger partial charge in [0.1, 0.15) is 5.82 Å². The molecule has 2 rings (SSSR count). The zero-order chi connectivity index (χ0) is 13.1. The molecule has 18 heavy (non-hydrogen) atoms. The Morgan fingerprint density at radius 3 is 2.67 bits per heavy atom. The van der Waals surface area contributed by atoms with E-state index in [4.69, 9.17) is 5.73 Å². The molecule has 2 aromatic heterocycles. The SMILES string of the molecule is CCc1nn(C)c(NCCc2ccn(C)n2)c1N. The molecule has 0 radical (unpaired) electrons. The van der Waals surface area contributed by atoms with Gasteiger partial charge in [-0.05, 0) is 12.5 Å². The highest BCUT2D eigenvalue weighted by atomic mass is 15.3. The van der Waals surface area contributed by atoms with E-state index in [1.165, 1.54) is 0 Å². The van der Waals surface area contributed by atoms with Crippen molar-refractivity contribution >= 4 is 11.5 Å². The van der Waals surface area contributed by atoms with Crippen LogP contribution in [-0.4, -0.2) is 26.1 Å². The molecule has 2 heterocycles. The molecule has 2 aromatic rings. The maximum absolute atomic E-state index is 6.03. The summed E-state index contributed by atoms with van der Waals surface area (Å²) in [6.45, 7) is 2.85. The molecule has 0 unspecified atom stereocenters. The van der Waals surface area contributed by atoms with Crippen LogP contribution < -0.4 is 11.1 Å². The Morgan fingerprint density at radius 1 is 1.33 bits per heavy atom. The Bertz CT molecular complexity index is 525. The molecule has 0 atom stereocenters. The molecule has 0 spiro atoms. The third-order valence-corrected chi connectivity index (χ3v) is 2.94. The van der Waals surface area contributed by atoms with Crippen molar-refractivity contribution in [2.75, 3.05) is 17.6 Å². The molecule has 6 heteroatoms. The lowest BCUT2D eigenvalue weighted by atomic mass is 10.3. The van der Waals surface area contributed by atoms with Gasteiger partial charge >= 0.3 is 0 Å². The molecule has 0 bridgehead atoms. The second kappa shape index (κ2) is 5.12. The number of nitrogens with two attached hydrogens (primary N) is 1. The highest BCUT2D eigenvalue weighted by Gasteiger charge is 2.11. The second-order valence-electron chi connectivity index (χ2n) is 4.34. The minimum atomic E-state index is 0.751. The zero-order valence-electron chi connectivity index (χ0n) is 11.1. The molecular formula is C12H20N6. The van der Waals surface area contributed by atoms with E-state index in [0.29, 0.717) is 0 Å². The van der Waals surface area contributed by atoms with Gasteiger partial charge in [0.25, 0.3) is 0 Å². The van der Waals surface area contributed by atoms with Crippen LogP contribution in [0.15, 0.2) is 12.3 Å². The van der Waals surface area contributed by atoms with Crippen LogP contribution in [0.4, 0.5) is 11.5 Å². The van der Waals surface area contributed by atoms with Crippen molar-refractivity contribution in [1.29, 1.82) is 0 Å². The number of hydrogen-bond donors (Lipinski definition) is 2. The first kappa shape index (κ1) is 12.5. The molecule has 0 aliphatic heterocycles. The quantitative estimate of drug-likeness (QED) is 0.826. The summed E-state index contributed by atoms with van der Waals surface area (Å²) in [6.07, 6.45) is 3.66. The lowest BCUT2D eigenvalue weighted by molar-refractivity contribution is 0.733.